The van der Waals surface area contributed by atoms with Gasteiger partial charge >= 0.3 is 11.9 Å². The first-order valence-electron chi connectivity index (χ1n) is 9.09. The number of hydrogen-bond donors (Lipinski definition) is 1. The van der Waals surface area contributed by atoms with Crippen molar-refractivity contribution in [3.05, 3.63) is 12.2 Å². The van der Waals surface area contributed by atoms with Gasteiger partial charge in [-0.3, -0.25) is 4.79 Å². The SMILES string of the molecule is C=C(C(=O)OCC1(C)C2CC3CC(C2)CC1C3)C1C(=O)OCC1O. The number of aliphatic hydroxyl groups excluding tert-OH is 1. The molecule has 1 heterocycles. The Kier molecular flexibility index (Phi) is 3.75. The van der Waals surface area contributed by atoms with E-state index < -0.39 is 24.0 Å². The number of cyclic esters (lactones) is 1. The molecule has 0 aromatic rings. The number of ether oxygens (including phenoxy) is 2. The van der Waals surface area contributed by atoms with Gasteiger partial charge in [0, 0.05) is 11.0 Å². The van der Waals surface area contributed by atoms with Crippen LogP contribution in [0.25, 0.3) is 0 Å². The molecular formula is C19H26O5. The second-order valence-electron chi connectivity index (χ2n) is 8.59. The number of carbonyl (C=O) groups excluding carboxylic acids is 2. The number of esters is 2. The second kappa shape index (κ2) is 5.58. The predicted molar refractivity (Wildman–Crippen MR) is 85.7 cm³/mol. The zero-order valence-corrected chi connectivity index (χ0v) is 14.2. The fourth-order valence-corrected chi connectivity index (χ4v) is 5.82. The van der Waals surface area contributed by atoms with Gasteiger partial charge in [-0.25, -0.2) is 4.79 Å². The van der Waals surface area contributed by atoms with Gasteiger partial charge in [0.15, 0.2) is 0 Å². The van der Waals surface area contributed by atoms with Gasteiger partial charge in [0.05, 0.1) is 6.61 Å². The summed E-state index contributed by atoms with van der Waals surface area (Å²) in [7, 11) is 0. The van der Waals surface area contributed by atoms with E-state index in [0.29, 0.717) is 18.4 Å². The molecular weight excluding hydrogens is 308 g/mol. The molecule has 5 nitrogen and oxygen atoms in total. The normalized spacial score (nSPS) is 46.0. The molecule has 4 saturated carbocycles. The van der Waals surface area contributed by atoms with Crippen molar-refractivity contribution < 1.29 is 24.2 Å². The first-order chi connectivity index (χ1) is 11.4. The highest BCUT2D eigenvalue weighted by atomic mass is 16.6. The van der Waals surface area contributed by atoms with Gasteiger partial charge in [0.25, 0.3) is 0 Å². The number of rotatable bonds is 4. The largest absolute Gasteiger partial charge is 0.462 e. The molecule has 0 radical (unpaired) electrons. The van der Waals surface area contributed by atoms with Crippen LogP contribution in [0, 0.1) is 35.0 Å². The average Bonchev–Trinajstić information content (AvgIpc) is 2.88. The van der Waals surface area contributed by atoms with Crippen molar-refractivity contribution in [2.24, 2.45) is 35.0 Å². The van der Waals surface area contributed by atoms with E-state index in [1.54, 1.807) is 0 Å². The van der Waals surface area contributed by atoms with Crippen molar-refractivity contribution in [1.82, 2.24) is 0 Å². The summed E-state index contributed by atoms with van der Waals surface area (Å²) >= 11 is 0. The van der Waals surface area contributed by atoms with Crippen LogP contribution in [0.4, 0.5) is 0 Å². The molecule has 1 saturated heterocycles. The van der Waals surface area contributed by atoms with Crippen molar-refractivity contribution in [3.63, 3.8) is 0 Å². The van der Waals surface area contributed by atoms with E-state index in [-0.39, 0.29) is 17.6 Å². The Morgan fingerprint density at radius 1 is 1.25 bits per heavy atom. The van der Waals surface area contributed by atoms with Gasteiger partial charge in [0.1, 0.15) is 18.6 Å². The van der Waals surface area contributed by atoms with Crippen LogP contribution >= 0.6 is 0 Å². The fraction of sp³-hybridized carbons (Fsp3) is 0.789. The van der Waals surface area contributed by atoms with Crippen molar-refractivity contribution in [2.45, 2.75) is 45.1 Å². The lowest BCUT2D eigenvalue weighted by atomic mass is 9.46. The minimum atomic E-state index is -1.01. The molecule has 0 spiro atoms. The van der Waals surface area contributed by atoms with Crippen molar-refractivity contribution in [3.8, 4) is 0 Å². The number of carbonyl (C=O) groups is 2. The van der Waals surface area contributed by atoms with Crippen molar-refractivity contribution >= 4 is 11.9 Å². The molecule has 4 aliphatic carbocycles. The molecule has 132 valence electrons. The van der Waals surface area contributed by atoms with Gasteiger partial charge in [-0.15, -0.1) is 0 Å². The molecule has 5 rings (SSSR count). The van der Waals surface area contributed by atoms with Crippen LogP contribution in [0.15, 0.2) is 12.2 Å². The van der Waals surface area contributed by atoms with Crippen LogP contribution in [0.3, 0.4) is 0 Å². The van der Waals surface area contributed by atoms with Crippen LogP contribution in [0.1, 0.15) is 39.0 Å². The second-order valence-corrected chi connectivity index (χ2v) is 8.59. The van der Waals surface area contributed by atoms with Gasteiger partial charge in [0.2, 0.25) is 0 Å². The summed E-state index contributed by atoms with van der Waals surface area (Å²) in [4.78, 5) is 24.0. The molecule has 4 bridgehead atoms. The third-order valence-corrected chi connectivity index (χ3v) is 7.19. The maximum atomic E-state index is 12.4. The molecule has 2 unspecified atom stereocenters. The zero-order chi connectivity index (χ0) is 17.1. The van der Waals surface area contributed by atoms with Crippen LogP contribution in [-0.2, 0) is 19.1 Å². The minimum Gasteiger partial charge on any atom is -0.462 e. The van der Waals surface area contributed by atoms with Gasteiger partial charge < -0.3 is 14.6 Å². The molecule has 5 heteroatoms. The van der Waals surface area contributed by atoms with Crippen molar-refractivity contribution in [2.75, 3.05) is 13.2 Å². The van der Waals surface area contributed by atoms with Gasteiger partial charge in [-0.05, 0) is 55.8 Å². The summed E-state index contributed by atoms with van der Waals surface area (Å²) in [5.74, 6) is 0.861. The van der Waals surface area contributed by atoms with Gasteiger partial charge in [-0.1, -0.05) is 13.5 Å². The van der Waals surface area contributed by atoms with E-state index in [1.165, 1.54) is 32.1 Å². The molecule has 1 aliphatic heterocycles. The Morgan fingerprint density at radius 3 is 2.33 bits per heavy atom. The summed E-state index contributed by atoms with van der Waals surface area (Å²) in [5, 5.41) is 9.80. The highest BCUT2D eigenvalue weighted by molar-refractivity contribution is 5.96. The highest BCUT2D eigenvalue weighted by Gasteiger charge is 2.55. The van der Waals surface area contributed by atoms with Crippen LogP contribution in [0.2, 0.25) is 0 Å². The maximum Gasteiger partial charge on any atom is 0.334 e. The van der Waals surface area contributed by atoms with Crippen molar-refractivity contribution in [1.29, 1.82) is 0 Å². The Morgan fingerprint density at radius 2 is 1.83 bits per heavy atom. The van der Waals surface area contributed by atoms with E-state index >= 15 is 0 Å². The number of hydrogen-bond acceptors (Lipinski definition) is 5. The molecule has 0 amide bonds. The summed E-state index contributed by atoms with van der Waals surface area (Å²) < 4.78 is 10.4. The Balaban J connectivity index is 1.40. The Bertz CT molecular complexity index is 552. The van der Waals surface area contributed by atoms with Crippen LogP contribution in [-0.4, -0.2) is 36.4 Å². The molecule has 0 aromatic heterocycles. The van der Waals surface area contributed by atoms with E-state index in [2.05, 4.69) is 13.5 Å². The molecule has 5 fully saturated rings. The first kappa shape index (κ1) is 16.1. The predicted octanol–water partition coefficient (Wildman–Crippen LogP) is 2.08. The quantitative estimate of drug-likeness (QED) is 0.629. The first-order valence-corrected chi connectivity index (χ1v) is 9.09. The van der Waals surface area contributed by atoms with Crippen LogP contribution < -0.4 is 0 Å². The molecule has 5 aliphatic rings. The monoisotopic (exact) mass is 334 g/mol. The van der Waals surface area contributed by atoms with E-state index in [9.17, 15) is 14.7 Å². The lowest BCUT2D eigenvalue weighted by molar-refractivity contribution is -0.161. The zero-order valence-electron chi connectivity index (χ0n) is 14.2. The maximum absolute atomic E-state index is 12.4. The smallest absolute Gasteiger partial charge is 0.334 e. The van der Waals surface area contributed by atoms with Crippen LogP contribution in [0.5, 0.6) is 0 Å². The lowest BCUT2D eigenvalue weighted by Gasteiger charge is -2.59. The summed E-state index contributed by atoms with van der Waals surface area (Å²) in [6, 6.07) is 0. The standard InChI is InChI=1S/C19H26O5/c1-10(16-15(20)8-23-18(16)22)17(21)24-9-19(2)13-4-11-3-12(6-13)7-14(19)5-11/h11-16,20H,1,3-9H2,2H3. The minimum absolute atomic E-state index is 0.0115. The highest BCUT2D eigenvalue weighted by Crippen LogP contribution is 2.62. The lowest BCUT2D eigenvalue weighted by Crippen LogP contribution is -2.53. The molecule has 24 heavy (non-hydrogen) atoms. The topological polar surface area (TPSA) is 72.8 Å². The van der Waals surface area contributed by atoms with E-state index in [4.69, 9.17) is 9.47 Å². The Labute approximate surface area is 142 Å². The van der Waals surface area contributed by atoms with E-state index in [0.717, 1.165) is 11.8 Å². The third-order valence-electron chi connectivity index (χ3n) is 7.19. The summed E-state index contributed by atoms with van der Waals surface area (Å²) in [5.41, 5.74) is 0.0513. The summed E-state index contributed by atoms with van der Waals surface area (Å²) in [6.45, 7) is 6.24. The molecule has 1 N–H and O–H groups in total. The summed E-state index contributed by atoms with van der Waals surface area (Å²) in [6.07, 6.45) is 5.42. The third kappa shape index (κ3) is 2.40. The molecule has 2 atom stereocenters. The molecule has 0 aromatic carbocycles. The number of aliphatic hydroxyl groups is 1. The Hall–Kier alpha value is -1.36. The van der Waals surface area contributed by atoms with E-state index in [1.807, 2.05) is 0 Å². The fourth-order valence-electron chi connectivity index (χ4n) is 5.82. The average molecular weight is 334 g/mol. The van der Waals surface area contributed by atoms with Gasteiger partial charge in [-0.2, -0.15) is 0 Å².